The second-order valence-corrected chi connectivity index (χ2v) is 5.49. The van der Waals surface area contributed by atoms with E-state index in [1.165, 1.54) is 18.4 Å². The maximum absolute atomic E-state index is 5.70. The van der Waals surface area contributed by atoms with Crippen molar-refractivity contribution in [3.05, 3.63) is 41.4 Å². The molecule has 0 spiro atoms. The van der Waals surface area contributed by atoms with Crippen molar-refractivity contribution in [3.63, 3.8) is 0 Å². The molecule has 0 aromatic carbocycles. The lowest BCUT2D eigenvalue weighted by Crippen LogP contribution is -2.06. The Labute approximate surface area is 127 Å². The fourth-order valence-electron chi connectivity index (χ4n) is 2.81. The topological polar surface area (TPSA) is 95.7 Å². The average molecular weight is 296 g/mol. The van der Waals surface area contributed by atoms with Gasteiger partial charge in [-0.2, -0.15) is 0 Å². The Kier molecular flexibility index (Phi) is 3.10. The second kappa shape index (κ2) is 5.25. The molecule has 0 saturated carbocycles. The van der Waals surface area contributed by atoms with Crippen LogP contribution in [0.2, 0.25) is 0 Å². The Morgan fingerprint density at radius 2 is 2.09 bits per heavy atom. The lowest BCUT2D eigenvalue weighted by Gasteiger charge is -2.08. The summed E-state index contributed by atoms with van der Waals surface area (Å²) in [6.45, 7) is 0.564. The Morgan fingerprint density at radius 3 is 3.00 bits per heavy atom. The van der Waals surface area contributed by atoms with Gasteiger partial charge in [-0.1, -0.05) is 16.4 Å². The Hall–Kier alpha value is -2.70. The fraction of sp³-hybridized carbons (Fsp3) is 0.333. The predicted octanol–water partition coefficient (Wildman–Crippen LogP) is 1.84. The van der Waals surface area contributed by atoms with Crippen LogP contribution in [0.4, 0.5) is 5.82 Å². The van der Waals surface area contributed by atoms with E-state index < -0.39 is 0 Å². The van der Waals surface area contributed by atoms with Gasteiger partial charge in [-0.3, -0.25) is 0 Å². The summed E-state index contributed by atoms with van der Waals surface area (Å²) in [5, 5.41) is 12.5. The van der Waals surface area contributed by atoms with E-state index >= 15 is 0 Å². The summed E-state index contributed by atoms with van der Waals surface area (Å²) in [7, 11) is 0. The number of hydrogen-bond donors (Lipinski definition) is 1. The molecule has 1 aliphatic rings. The molecular formula is C15H16N6O. The van der Waals surface area contributed by atoms with Crippen LogP contribution in [-0.2, 0) is 19.4 Å². The third kappa shape index (κ3) is 2.34. The molecule has 3 heterocycles. The molecule has 0 atom stereocenters. The lowest BCUT2D eigenvalue weighted by molar-refractivity contribution is 0.366. The van der Waals surface area contributed by atoms with E-state index in [0.717, 1.165) is 24.3 Å². The van der Waals surface area contributed by atoms with Crippen LogP contribution < -0.4 is 5.73 Å². The number of aromatic nitrogens is 5. The van der Waals surface area contributed by atoms with Crippen molar-refractivity contribution in [1.82, 2.24) is 25.1 Å². The van der Waals surface area contributed by atoms with Crippen LogP contribution in [0.25, 0.3) is 11.4 Å². The van der Waals surface area contributed by atoms with E-state index in [2.05, 4.69) is 20.5 Å². The number of fused-ring (bicyclic) bond motifs is 1. The van der Waals surface area contributed by atoms with Crippen LogP contribution >= 0.6 is 0 Å². The van der Waals surface area contributed by atoms with Crippen LogP contribution in [0.3, 0.4) is 0 Å². The number of aryl methyl sites for hydroxylation is 1. The first-order valence-electron chi connectivity index (χ1n) is 7.39. The van der Waals surface area contributed by atoms with Crippen molar-refractivity contribution in [2.24, 2.45) is 0 Å². The summed E-state index contributed by atoms with van der Waals surface area (Å²) in [4.78, 5) is 4.25. The molecule has 22 heavy (non-hydrogen) atoms. The van der Waals surface area contributed by atoms with Crippen LogP contribution in [0.1, 0.15) is 29.9 Å². The van der Waals surface area contributed by atoms with Crippen LogP contribution in [0.5, 0.6) is 0 Å². The van der Waals surface area contributed by atoms with Gasteiger partial charge in [0.25, 0.3) is 0 Å². The molecule has 0 bridgehead atoms. The minimum Gasteiger partial charge on any atom is -0.384 e. The molecule has 0 aliphatic heterocycles. The van der Waals surface area contributed by atoms with Gasteiger partial charge < -0.3 is 10.3 Å². The maximum Gasteiger partial charge on any atom is 0.140 e. The molecule has 3 aromatic heterocycles. The zero-order valence-corrected chi connectivity index (χ0v) is 12.1. The first kappa shape index (κ1) is 13.0. The highest BCUT2D eigenvalue weighted by Gasteiger charge is 2.19. The van der Waals surface area contributed by atoms with Gasteiger partial charge >= 0.3 is 0 Å². The molecule has 0 amide bonds. The SMILES string of the molecule is Nc1cccc(-c2cn(Cc3noc4c3CCCC4)nn2)n1. The summed E-state index contributed by atoms with van der Waals surface area (Å²) in [6.07, 6.45) is 6.24. The van der Waals surface area contributed by atoms with Crippen molar-refractivity contribution < 1.29 is 4.52 Å². The first-order valence-corrected chi connectivity index (χ1v) is 7.39. The monoisotopic (exact) mass is 296 g/mol. The third-order valence-corrected chi connectivity index (χ3v) is 3.92. The minimum absolute atomic E-state index is 0.470. The molecule has 1 aliphatic carbocycles. The van der Waals surface area contributed by atoms with Crippen LogP contribution in [0.15, 0.2) is 28.9 Å². The molecule has 7 heteroatoms. The van der Waals surface area contributed by atoms with E-state index in [-0.39, 0.29) is 0 Å². The summed E-state index contributed by atoms with van der Waals surface area (Å²) >= 11 is 0. The molecule has 0 unspecified atom stereocenters. The van der Waals surface area contributed by atoms with E-state index in [4.69, 9.17) is 10.3 Å². The van der Waals surface area contributed by atoms with Gasteiger partial charge in [-0.25, -0.2) is 9.67 Å². The van der Waals surface area contributed by atoms with Gasteiger partial charge in [0.1, 0.15) is 23.0 Å². The van der Waals surface area contributed by atoms with E-state index in [9.17, 15) is 0 Å². The first-order chi connectivity index (χ1) is 10.8. The van der Waals surface area contributed by atoms with E-state index in [1.807, 2.05) is 18.3 Å². The molecule has 0 fully saturated rings. The van der Waals surface area contributed by atoms with E-state index in [1.54, 1.807) is 10.7 Å². The molecule has 7 nitrogen and oxygen atoms in total. The lowest BCUT2D eigenvalue weighted by atomic mass is 9.96. The number of rotatable bonds is 3. The van der Waals surface area contributed by atoms with Gasteiger partial charge in [0.2, 0.25) is 0 Å². The minimum atomic E-state index is 0.470. The molecule has 0 radical (unpaired) electrons. The van der Waals surface area contributed by atoms with Gasteiger partial charge in [-0.15, -0.1) is 5.10 Å². The summed E-state index contributed by atoms with van der Waals surface area (Å²) in [5.41, 5.74) is 9.31. The second-order valence-electron chi connectivity index (χ2n) is 5.49. The van der Waals surface area contributed by atoms with Gasteiger partial charge in [0, 0.05) is 12.0 Å². The Morgan fingerprint density at radius 1 is 1.18 bits per heavy atom. The average Bonchev–Trinajstić information content (AvgIpc) is 3.16. The number of nitrogen functional groups attached to an aromatic ring is 1. The Bertz CT molecular complexity index is 806. The zero-order chi connectivity index (χ0) is 14.9. The third-order valence-electron chi connectivity index (χ3n) is 3.92. The van der Waals surface area contributed by atoms with Crippen molar-refractivity contribution in [2.45, 2.75) is 32.2 Å². The fourth-order valence-corrected chi connectivity index (χ4v) is 2.81. The van der Waals surface area contributed by atoms with Gasteiger partial charge in [0.15, 0.2) is 0 Å². The summed E-state index contributed by atoms with van der Waals surface area (Å²) in [6, 6.07) is 5.46. The number of hydrogen-bond acceptors (Lipinski definition) is 6. The molecule has 2 N–H and O–H groups in total. The molecular weight excluding hydrogens is 280 g/mol. The van der Waals surface area contributed by atoms with Crippen molar-refractivity contribution >= 4 is 5.82 Å². The normalized spacial score (nSPS) is 14.0. The largest absolute Gasteiger partial charge is 0.384 e. The molecule has 3 aromatic rings. The highest BCUT2D eigenvalue weighted by Crippen LogP contribution is 2.25. The smallest absolute Gasteiger partial charge is 0.140 e. The van der Waals surface area contributed by atoms with Crippen LogP contribution in [-0.4, -0.2) is 25.1 Å². The summed E-state index contributed by atoms with van der Waals surface area (Å²) in [5.74, 6) is 1.50. The number of nitrogens with two attached hydrogens (primary N) is 1. The number of nitrogens with zero attached hydrogens (tertiary/aromatic N) is 5. The molecule has 4 rings (SSSR count). The predicted molar refractivity (Wildman–Crippen MR) is 79.9 cm³/mol. The van der Waals surface area contributed by atoms with Gasteiger partial charge in [-0.05, 0) is 31.4 Å². The maximum atomic E-state index is 5.70. The molecule has 0 saturated heterocycles. The summed E-state index contributed by atoms with van der Waals surface area (Å²) < 4.78 is 7.18. The van der Waals surface area contributed by atoms with E-state index in [0.29, 0.717) is 23.8 Å². The number of anilines is 1. The number of pyridine rings is 1. The van der Waals surface area contributed by atoms with Crippen LogP contribution in [0, 0.1) is 0 Å². The van der Waals surface area contributed by atoms with Crippen molar-refractivity contribution in [3.8, 4) is 11.4 Å². The van der Waals surface area contributed by atoms with Crippen molar-refractivity contribution in [2.75, 3.05) is 5.73 Å². The Balaban J connectivity index is 1.59. The highest BCUT2D eigenvalue weighted by molar-refractivity contribution is 5.54. The van der Waals surface area contributed by atoms with Gasteiger partial charge in [0.05, 0.1) is 18.4 Å². The quantitative estimate of drug-likeness (QED) is 0.792. The zero-order valence-electron chi connectivity index (χ0n) is 12.1. The van der Waals surface area contributed by atoms with Crippen molar-refractivity contribution in [1.29, 1.82) is 0 Å². The highest BCUT2D eigenvalue weighted by atomic mass is 16.5. The molecule has 112 valence electrons. The standard InChI is InChI=1S/C15H16N6O/c16-15-7-3-5-11(17-15)13-9-21(20-18-13)8-12-10-4-1-2-6-14(10)22-19-12/h3,5,7,9H,1-2,4,6,8H2,(H2,16,17).